The van der Waals surface area contributed by atoms with Gasteiger partial charge < -0.3 is 8.98 Å². The van der Waals surface area contributed by atoms with Gasteiger partial charge in [-0.25, -0.2) is 9.20 Å². The van der Waals surface area contributed by atoms with Gasteiger partial charge in [-0.3, -0.25) is 0 Å². The molecule has 0 amide bonds. The van der Waals surface area contributed by atoms with E-state index in [4.69, 9.17) is 4.42 Å². The molecule has 0 unspecified atom stereocenters. The number of benzene rings is 6. The van der Waals surface area contributed by atoms with Crippen LogP contribution in [0.5, 0.6) is 0 Å². The average molecular weight is 604 g/mol. The summed E-state index contributed by atoms with van der Waals surface area (Å²) in [5.74, 6) is 0. The molecule has 0 saturated heterocycles. The molecule has 6 heteroatoms. The highest BCUT2D eigenvalue weighted by atomic mass is 32.2. The summed E-state index contributed by atoms with van der Waals surface area (Å²) >= 11 is 3.53. The molecular weight excluding hydrogens is 579 g/mol. The van der Waals surface area contributed by atoms with Crippen molar-refractivity contribution in [1.29, 1.82) is 0 Å². The number of rotatable bonds is 3. The summed E-state index contributed by atoms with van der Waals surface area (Å²) < 4.78 is 14.2. The number of furan rings is 1. The highest BCUT2D eigenvalue weighted by Gasteiger charge is 2.28. The van der Waals surface area contributed by atoms with Crippen LogP contribution in [0.1, 0.15) is 0 Å². The number of nitrogens with zero attached hydrogens (tertiary/aromatic N) is 3. The van der Waals surface area contributed by atoms with Crippen LogP contribution in [0.3, 0.4) is 0 Å². The van der Waals surface area contributed by atoms with Gasteiger partial charge in [-0.15, -0.1) is 23.5 Å². The standard InChI is InChI=1S/C38H25N3OS2/c1-43-23-10-7-9-22(19-23)39-33-20-24(44-2)17-18-32(33)41-36-29(21-30-26-12-4-6-16-34(26)42-38(30)37(36)39)28-14-8-13-27-25-11-3-5-15-31(25)40(41)35(27)28/h3-21H,1-2H3. The average Bonchev–Trinajstić information content (AvgIpc) is 3.62. The highest BCUT2D eigenvalue weighted by molar-refractivity contribution is 7.98. The first-order valence-corrected chi connectivity index (χ1v) is 17.1. The minimum absolute atomic E-state index is 0.900. The topological polar surface area (TPSA) is 27.4 Å². The molecule has 0 N–H and O–H groups in total. The van der Waals surface area contributed by atoms with Crippen LogP contribution in [-0.2, 0) is 0 Å². The molecule has 2 aliphatic rings. The van der Waals surface area contributed by atoms with E-state index in [-0.39, 0.29) is 0 Å². The normalized spacial score (nSPS) is 12.5. The van der Waals surface area contributed by atoms with E-state index < -0.39 is 0 Å². The molecule has 0 radical (unpaired) electrons. The molecule has 0 spiro atoms. The molecule has 4 nitrogen and oxygen atoms in total. The van der Waals surface area contributed by atoms with Crippen LogP contribution in [0, 0.1) is 0 Å². The van der Waals surface area contributed by atoms with Crippen molar-refractivity contribution < 1.29 is 4.42 Å². The third kappa shape index (κ3) is 3.06. The third-order valence-corrected chi connectivity index (χ3v) is 10.6. The lowest BCUT2D eigenvalue weighted by atomic mass is 10.0. The number of fused-ring (bicyclic) bond motifs is 11. The van der Waals surface area contributed by atoms with E-state index in [1.54, 1.807) is 23.5 Å². The zero-order chi connectivity index (χ0) is 29.1. The molecule has 8 aromatic rings. The Kier molecular flexibility index (Phi) is 4.97. The molecule has 2 aromatic heterocycles. The monoisotopic (exact) mass is 603 g/mol. The second-order valence-corrected chi connectivity index (χ2v) is 13.1. The lowest BCUT2D eigenvalue weighted by Crippen LogP contribution is -2.17. The lowest BCUT2D eigenvalue weighted by Gasteiger charge is -2.27. The zero-order valence-corrected chi connectivity index (χ0v) is 25.7. The summed E-state index contributed by atoms with van der Waals surface area (Å²) in [5.41, 5.74) is 9.81. The van der Waals surface area contributed by atoms with Gasteiger partial charge in [-0.1, -0.05) is 60.7 Å². The number of hydrogen-bond donors (Lipinski definition) is 0. The number of thioether (sulfide) groups is 2. The van der Waals surface area contributed by atoms with Crippen molar-refractivity contribution in [3.63, 3.8) is 0 Å². The fourth-order valence-electron chi connectivity index (χ4n) is 7.34. The molecule has 44 heavy (non-hydrogen) atoms. The molecule has 0 fully saturated rings. The Morgan fingerprint density at radius 3 is 2.11 bits per heavy atom. The minimum atomic E-state index is 0.900. The van der Waals surface area contributed by atoms with Crippen LogP contribution in [0.15, 0.2) is 129 Å². The van der Waals surface area contributed by atoms with Crippen LogP contribution in [0.25, 0.3) is 82.4 Å². The zero-order valence-electron chi connectivity index (χ0n) is 24.0. The maximum Gasteiger partial charge on any atom is 0.161 e. The molecule has 0 atom stereocenters. The fourth-order valence-corrected chi connectivity index (χ4v) is 8.22. The van der Waals surface area contributed by atoms with Crippen LogP contribution in [0.2, 0.25) is 0 Å². The van der Waals surface area contributed by atoms with E-state index in [0.29, 0.717) is 0 Å². The van der Waals surface area contributed by atoms with E-state index in [1.807, 2.05) is 0 Å². The van der Waals surface area contributed by atoms with Crippen molar-refractivity contribution in [3.8, 4) is 11.4 Å². The molecule has 2 aliphatic heterocycles. The van der Waals surface area contributed by atoms with Gasteiger partial charge in [0, 0.05) is 47.8 Å². The third-order valence-electron chi connectivity index (χ3n) is 9.18. The SMILES string of the molecule is CSc1cccc(-n2c3cc(SC)ccc3n3n4c5ccccc5c5cccc(c6cc7c8ccccc8oc7c2c6-3)c54)c1. The second kappa shape index (κ2) is 8.88. The van der Waals surface area contributed by atoms with Crippen molar-refractivity contribution in [2.45, 2.75) is 9.79 Å². The summed E-state index contributed by atoms with van der Waals surface area (Å²) in [6.45, 7) is 0. The molecule has 210 valence electrons. The Bertz CT molecular complexity index is 2760. The Hall–Kier alpha value is -4.78. The second-order valence-electron chi connectivity index (χ2n) is 11.3. The van der Waals surface area contributed by atoms with Crippen molar-refractivity contribution in [2.75, 3.05) is 12.5 Å². The Morgan fingerprint density at radius 2 is 1.25 bits per heavy atom. The summed E-state index contributed by atoms with van der Waals surface area (Å²) in [6.07, 6.45) is 4.28. The van der Waals surface area contributed by atoms with Crippen molar-refractivity contribution >= 4 is 94.6 Å². The van der Waals surface area contributed by atoms with Crippen molar-refractivity contribution in [1.82, 2.24) is 13.8 Å². The van der Waals surface area contributed by atoms with E-state index in [0.717, 1.165) is 49.9 Å². The fraction of sp³-hybridized carbons (Fsp3) is 0.0526. The van der Waals surface area contributed by atoms with Gasteiger partial charge in [-0.2, -0.15) is 0 Å². The Labute approximate surface area is 260 Å². The van der Waals surface area contributed by atoms with E-state index in [9.17, 15) is 0 Å². The molecule has 6 aromatic carbocycles. The quantitative estimate of drug-likeness (QED) is 0.114. The van der Waals surface area contributed by atoms with Crippen molar-refractivity contribution in [2.24, 2.45) is 0 Å². The molecule has 4 heterocycles. The van der Waals surface area contributed by atoms with Crippen LogP contribution in [-0.4, -0.2) is 26.3 Å². The number of para-hydroxylation sites is 3. The van der Waals surface area contributed by atoms with Gasteiger partial charge in [0.05, 0.1) is 27.8 Å². The maximum absolute atomic E-state index is 6.84. The highest BCUT2D eigenvalue weighted by Crippen LogP contribution is 2.46. The predicted octanol–water partition coefficient (Wildman–Crippen LogP) is 10.9. The van der Waals surface area contributed by atoms with E-state index >= 15 is 0 Å². The van der Waals surface area contributed by atoms with E-state index in [1.165, 1.54) is 42.4 Å². The summed E-state index contributed by atoms with van der Waals surface area (Å²) in [5, 5.41) is 7.23. The summed E-state index contributed by atoms with van der Waals surface area (Å²) in [6, 6.07) is 42.0. The Morgan fingerprint density at radius 1 is 0.523 bits per heavy atom. The van der Waals surface area contributed by atoms with Crippen LogP contribution in [0.4, 0.5) is 0 Å². The first-order chi connectivity index (χ1) is 21.7. The number of aromatic nitrogens is 3. The predicted molar refractivity (Wildman–Crippen MR) is 188 cm³/mol. The van der Waals surface area contributed by atoms with Gasteiger partial charge in [0.15, 0.2) is 5.58 Å². The van der Waals surface area contributed by atoms with Gasteiger partial charge in [-0.05, 0) is 67.1 Å². The minimum Gasteiger partial charge on any atom is -0.454 e. The molecule has 0 aliphatic carbocycles. The number of hydrogen-bond acceptors (Lipinski definition) is 3. The first-order valence-electron chi connectivity index (χ1n) is 14.7. The maximum atomic E-state index is 6.84. The first kappa shape index (κ1) is 24.6. The van der Waals surface area contributed by atoms with Gasteiger partial charge in [0.1, 0.15) is 11.1 Å². The smallest absolute Gasteiger partial charge is 0.161 e. The lowest BCUT2D eigenvalue weighted by molar-refractivity contribution is 0.669. The largest absolute Gasteiger partial charge is 0.454 e. The molecule has 0 saturated carbocycles. The van der Waals surface area contributed by atoms with Crippen molar-refractivity contribution in [3.05, 3.63) is 115 Å². The molecule has 10 rings (SSSR count). The van der Waals surface area contributed by atoms with Gasteiger partial charge in [0.2, 0.25) is 0 Å². The van der Waals surface area contributed by atoms with Crippen LogP contribution < -0.4 is 0 Å². The summed E-state index contributed by atoms with van der Waals surface area (Å²) in [4.78, 5) is 2.44. The summed E-state index contributed by atoms with van der Waals surface area (Å²) in [7, 11) is 0. The van der Waals surface area contributed by atoms with E-state index in [2.05, 4.69) is 142 Å². The van der Waals surface area contributed by atoms with Gasteiger partial charge >= 0.3 is 0 Å². The van der Waals surface area contributed by atoms with Crippen LogP contribution >= 0.6 is 23.5 Å². The molecular formula is C38H25N3OS2. The molecule has 0 bridgehead atoms. The Balaban J connectivity index is 1.61. The van der Waals surface area contributed by atoms with Gasteiger partial charge in [0.25, 0.3) is 0 Å².